The lowest BCUT2D eigenvalue weighted by Crippen LogP contribution is -2.17. The summed E-state index contributed by atoms with van der Waals surface area (Å²) in [5.41, 5.74) is 0. The van der Waals surface area contributed by atoms with Crippen molar-refractivity contribution in [1.82, 2.24) is 0 Å². The molecule has 0 saturated carbocycles. The van der Waals surface area contributed by atoms with Crippen LogP contribution in [0.15, 0.2) is 0 Å². The Hall–Kier alpha value is -1.52. The molecule has 0 fully saturated rings. The number of rotatable bonds is 10. The fourth-order valence-corrected chi connectivity index (χ4v) is 2.02. The summed E-state index contributed by atoms with van der Waals surface area (Å²) in [4.78, 5) is 23.6. The van der Waals surface area contributed by atoms with Gasteiger partial charge in [0.05, 0.1) is 0 Å². The van der Waals surface area contributed by atoms with E-state index in [1.54, 1.807) is 13.8 Å². The molecular weight excluding hydrogens is 327 g/mol. The molecule has 0 N–H and O–H groups in total. The van der Waals surface area contributed by atoms with E-state index in [9.17, 15) is 14.2 Å². The predicted octanol–water partition coefficient (Wildman–Crippen LogP) is 3.69. The molecule has 0 aromatic carbocycles. The van der Waals surface area contributed by atoms with E-state index in [0.717, 1.165) is 12.8 Å². The topological polar surface area (TPSA) is 69.7 Å². The van der Waals surface area contributed by atoms with Crippen molar-refractivity contribution in [3.05, 3.63) is 0 Å². The molecule has 0 aliphatic rings. The molecule has 6 heteroatoms. The molecule has 132 valence electrons. The molecule has 0 heterocycles. The van der Waals surface area contributed by atoms with Crippen molar-refractivity contribution >= 4 is 19.8 Å². The predicted molar refractivity (Wildman–Crippen MR) is 93.2 cm³/mol. The highest BCUT2D eigenvalue weighted by Crippen LogP contribution is 2.24. The second-order valence-corrected chi connectivity index (χ2v) is 6.29. The monoisotopic (exact) mass is 353 g/mol. The Labute approximate surface area is 145 Å². The molecule has 0 bridgehead atoms. The van der Waals surface area contributed by atoms with Crippen LogP contribution >= 0.6 is 8.25 Å². The number of carbonyl (C=O) groups is 2. The lowest BCUT2D eigenvalue weighted by Gasteiger charge is -2.03. The number of Topliss-reactive ketones (excluding diaryl/α,β-unsaturated/α-hetero) is 2. The smallest absolute Gasteiger partial charge is 0.297 e. The van der Waals surface area contributed by atoms with E-state index in [4.69, 9.17) is 9.05 Å². The second-order valence-electron chi connectivity index (χ2n) is 5.33. The van der Waals surface area contributed by atoms with Gasteiger partial charge in [-0.2, -0.15) is 0 Å². The summed E-state index contributed by atoms with van der Waals surface area (Å²) in [6.45, 7) is 6.73. The van der Waals surface area contributed by atoms with E-state index in [-0.39, 0.29) is 36.6 Å². The lowest BCUT2D eigenvalue weighted by molar-refractivity contribution is -0.124. The standard InChI is InChI=1S/C18H26O5P/c1-5-7-9-11-15(3)17(19)13-22-24(21)23-14-18(20)16(4)12-10-8-6-2/h15-16H,5-6,11-14H2,1-4H3/q+1/t15-,16-/m0/s1. The molecule has 0 unspecified atom stereocenters. The Bertz CT molecular complexity index is 499. The highest BCUT2D eigenvalue weighted by Gasteiger charge is 2.26. The number of carbonyl (C=O) groups excluding carboxylic acids is 2. The Balaban J connectivity index is 4.05. The third-order valence-corrected chi connectivity index (χ3v) is 3.82. The molecule has 0 spiro atoms. The molecule has 0 aliphatic heterocycles. The van der Waals surface area contributed by atoms with E-state index in [1.807, 2.05) is 13.8 Å². The normalized spacial score (nSPS) is 12.2. The summed E-state index contributed by atoms with van der Waals surface area (Å²) in [5, 5.41) is 0. The van der Waals surface area contributed by atoms with Crippen molar-refractivity contribution in [3.8, 4) is 23.7 Å². The third kappa shape index (κ3) is 11.1. The largest absolute Gasteiger partial charge is 0.698 e. The fourth-order valence-electron chi connectivity index (χ4n) is 1.48. The number of ketones is 2. The van der Waals surface area contributed by atoms with Crippen LogP contribution < -0.4 is 0 Å². The van der Waals surface area contributed by atoms with Gasteiger partial charge in [-0.25, -0.2) is 0 Å². The van der Waals surface area contributed by atoms with E-state index in [0.29, 0.717) is 12.8 Å². The van der Waals surface area contributed by atoms with Gasteiger partial charge in [0.2, 0.25) is 0 Å². The van der Waals surface area contributed by atoms with Gasteiger partial charge in [0.25, 0.3) is 0 Å². The van der Waals surface area contributed by atoms with Crippen LogP contribution in [0.3, 0.4) is 0 Å². The van der Waals surface area contributed by atoms with Gasteiger partial charge in [0, 0.05) is 42.1 Å². The van der Waals surface area contributed by atoms with Crippen LogP contribution in [0.2, 0.25) is 0 Å². The van der Waals surface area contributed by atoms with Gasteiger partial charge in [0.1, 0.15) is 0 Å². The van der Waals surface area contributed by atoms with Crippen LogP contribution in [0, 0.1) is 35.5 Å². The minimum atomic E-state index is -2.49. The van der Waals surface area contributed by atoms with E-state index >= 15 is 0 Å². The van der Waals surface area contributed by atoms with Crippen LogP contribution in [0.4, 0.5) is 0 Å². The quantitative estimate of drug-likeness (QED) is 0.442. The van der Waals surface area contributed by atoms with Crippen molar-refractivity contribution < 1.29 is 23.2 Å². The molecule has 0 saturated heterocycles. The lowest BCUT2D eigenvalue weighted by atomic mass is 10.0. The van der Waals surface area contributed by atoms with E-state index < -0.39 is 8.25 Å². The van der Waals surface area contributed by atoms with Crippen molar-refractivity contribution in [3.63, 3.8) is 0 Å². The average molecular weight is 353 g/mol. The minimum absolute atomic E-state index is 0.193. The molecule has 0 aromatic heterocycles. The fraction of sp³-hybridized carbons (Fsp3) is 0.667. The zero-order valence-electron chi connectivity index (χ0n) is 14.9. The minimum Gasteiger partial charge on any atom is -0.297 e. The third-order valence-electron chi connectivity index (χ3n) is 3.14. The summed E-state index contributed by atoms with van der Waals surface area (Å²) < 4.78 is 21.3. The highest BCUT2D eigenvalue weighted by atomic mass is 31.1. The van der Waals surface area contributed by atoms with Gasteiger partial charge in [-0.15, -0.1) is 32.7 Å². The molecule has 0 aliphatic carbocycles. The molecule has 0 radical (unpaired) electrons. The first-order valence-corrected chi connectivity index (χ1v) is 9.21. The van der Waals surface area contributed by atoms with Gasteiger partial charge >= 0.3 is 8.25 Å². The van der Waals surface area contributed by atoms with E-state index in [1.165, 1.54) is 0 Å². The molecule has 0 rings (SSSR count). The maximum absolute atomic E-state index is 11.8. The molecule has 0 aromatic rings. The second kappa shape index (κ2) is 13.9. The summed E-state index contributed by atoms with van der Waals surface area (Å²) in [7, 11) is -2.49. The van der Waals surface area contributed by atoms with Gasteiger partial charge in [0.15, 0.2) is 24.8 Å². The van der Waals surface area contributed by atoms with Crippen molar-refractivity contribution in [2.24, 2.45) is 11.8 Å². The first-order chi connectivity index (χ1) is 11.4. The van der Waals surface area contributed by atoms with Gasteiger partial charge in [-0.1, -0.05) is 27.7 Å². The number of hydrogen-bond donors (Lipinski definition) is 0. The van der Waals surface area contributed by atoms with Crippen molar-refractivity contribution in [2.45, 2.75) is 53.4 Å². The van der Waals surface area contributed by atoms with Crippen LogP contribution in [0.5, 0.6) is 0 Å². The molecule has 2 atom stereocenters. The van der Waals surface area contributed by atoms with Crippen LogP contribution in [-0.4, -0.2) is 24.8 Å². The van der Waals surface area contributed by atoms with Crippen molar-refractivity contribution in [2.75, 3.05) is 13.2 Å². The van der Waals surface area contributed by atoms with Gasteiger partial charge in [-0.05, 0) is 0 Å². The number of hydrogen-bond acceptors (Lipinski definition) is 5. The molecule has 0 amide bonds. The maximum Gasteiger partial charge on any atom is 0.698 e. The summed E-state index contributed by atoms with van der Waals surface area (Å²) in [6, 6.07) is 0. The maximum atomic E-state index is 11.8. The molecular formula is C18H26O5P+. The SMILES string of the molecule is CCC#CC[C@H](C)C(=O)CO[P+](=O)OCC(=O)[C@@H](C)CC#CCC. The zero-order valence-corrected chi connectivity index (χ0v) is 15.8. The van der Waals surface area contributed by atoms with Crippen molar-refractivity contribution in [1.29, 1.82) is 0 Å². The summed E-state index contributed by atoms with van der Waals surface area (Å²) >= 11 is 0. The average Bonchev–Trinajstić information content (AvgIpc) is 2.57. The van der Waals surface area contributed by atoms with E-state index in [2.05, 4.69) is 23.7 Å². The van der Waals surface area contributed by atoms with Crippen LogP contribution in [-0.2, 0) is 23.2 Å². The first-order valence-electron chi connectivity index (χ1n) is 8.12. The van der Waals surface area contributed by atoms with Gasteiger partial charge < -0.3 is 0 Å². The first kappa shape index (κ1) is 22.5. The highest BCUT2D eigenvalue weighted by molar-refractivity contribution is 7.33. The zero-order chi connectivity index (χ0) is 18.4. The Morgan fingerprint density at radius 2 is 1.21 bits per heavy atom. The Morgan fingerprint density at radius 1 is 0.833 bits per heavy atom. The van der Waals surface area contributed by atoms with Gasteiger partial charge in [-0.3, -0.25) is 9.59 Å². The summed E-state index contributed by atoms with van der Waals surface area (Å²) in [5.74, 6) is 10.6. The Kier molecular flexibility index (Phi) is 13.0. The molecule has 24 heavy (non-hydrogen) atoms. The summed E-state index contributed by atoms with van der Waals surface area (Å²) in [6.07, 6.45) is 2.38. The van der Waals surface area contributed by atoms with Crippen LogP contribution in [0.25, 0.3) is 0 Å². The molecule has 5 nitrogen and oxygen atoms in total. The Morgan fingerprint density at radius 3 is 1.54 bits per heavy atom. The van der Waals surface area contributed by atoms with Crippen LogP contribution in [0.1, 0.15) is 53.4 Å².